The van der Waals surface area contributed by atoms with Crippen LogP contribution in [0.3, 0.4) is 0 Å². The lowest BCUT2D eigenvalue weighted by molar-refractivity contribution is 0.373. The van der Waals surface area contributed by atoms with Crippen molar-refractivity contribution in [2.75, 3.05) is 11.9 Å². The molecule has 1 aromatic heterocycles. The number of nitrogens with zero attached hydrogens (tertiary/aromatic N) is 2. The highest BCUT2D eigenvalue weighted by atomic mass is 35.5. The van der Waals surface area contributed by atoms with Gasteiger partial charge in [0.25, 0.3) is 0 Å². The molecule has 0 amide bonds. The first kappa shape index (κ1) is 12.6. The highest BCUT2D eigenvalue weighted by molar-refractivity contribution is 6.29. The number of hydrogen-bond acceptors (Lipinski definition) is 3. The van der Waals surface area contributed by atoms with Gasteiger partial charge in [0, 0.05) is 19.0 Å². The zero-order valence-corrected chi connectivity index (χ0v) is 11.1. The molecule has 3 nitrogen and oxygen atoms in total. The maximum absolute atomic E-state index is 5.96. The molecule has 1 saturated carbocycles. The van der Waals surface area contributed by atoms with Crippen molar-refractivity contribution < 1.29 is 0 Å². The molecule has 0 saturated heterocycles. The molecule has 1 fully saturated rings. The van der Waals surface area contributed by atoms with E-state index in [9.17, 15) is 0 Å². The molecule has 0 atom stereocenters. The standard InChI is InChI=1S/C13H20ClN3/c1-2-12-16-11(14)8-13(17-12)15-9-10-6-4-3-5-7-10/h8,10H,2-7,9H2,1H3,(H,15,16,17). The van der Waals surface area contributed by atoms with Crippen LogP contribution in [-0.2, 0) is 6.42 Å². The fourth-order valence-electron chi connectivity index (χ4n) is 2.35. The quantitative estimate of drug-likeness (QED) is 0.832. The smallest absolute Gasteiger partial charge is 0.134 e. The lowest BCUT2D eigenvalue weighted by Crippen LogP contribution is -2.18. The maximum atomic E-state index is 5.96. The fourth-order valence-corrected chi connectivity index (χ4v) is 2.55. The van der Waals surface area contributed by atoms with Crippen LogP contribution in [0.2, 0.25) is 5.15 Å². The van der Waals surface area contributed by atoms with Gasteiger partial charge in [-0.05, 0) is 18.8 Å². The Balaban J connectivity index is 1.91. The van der Waals surface area contributed by atoms with Crippen molar-refractivity contribution in [3.8, 4) is 0 Å². The van der Waals surface area contributed by atoms with E-state index in [-0.39, 0.29) is 0 Å². The number of halogens is 1. The molecule has 94 valence electrons. The highest BCUT2D eigenvalue weighted by Crippen LogP contribution is 2.24. The van der Waals surface area contributed by atoms with E-state index in [4.69, 9.17) is 11.6 Å². The molecule has 2 rings (SSSR count). The molecule has 1 N–H and O–H groups in total. The molecule has 1 aliphatic carbocycles. The first-order valence-electron chi connectivity index (χ1n) is 6.55. The van der Waals surface area contributed by atoms with E-state index < -0.39 is 0 Å². The van der Waals surface area contributed by atoms with Crippen molar-refractivity contribution in [1.82, 2.24) is 9.97 Å². The van der Waals surface area contributed by atoms with Crippen molar-refractivity contribution in [3.63, 3.8) is 0 Å². The first-order chi connectivity index (χ1) is 8.28. The number of aromatic nitrogens is 2. The van der Waals surface area contributed by atoms with Gasteiger partial charge in [-0.1, -0.05) is 37.8 Å². The third kappa shape index (κ3) is 3.84. The second kappa shape index (κ2) is 6.20. The molecule has 1 aliphatic rings. The Morgan fingerprint density at radius 2 is 2.06 bits per heavy atom. The van der Waals surface area contributed by atoms with Crippen LogP contribution in [0, 0.1) is 5.92 Å². The van der Waals surface area contributed by atoms with E-state index >= 15 is 0 Å². The van der Waals surface area contributed by atoms with E-state index in [1.54, 1.807) is 0 Å². The van der Waals surface area contributed by atoms with Gasteiger partial charge in [0.15, 0.2) is 0 Å². The number of anilines is 1. The van der Waals surface area contributed by atoms with E-state index in [0.717, 1.165) is 30.5 Å². The van der Waals surface area contributed by atoms with Gasteiger partial charge in [-0.25, -0.2) is 9.97 Å². The van der Waals surface area contributed by atoms with Gasteiger partial charge in [0.05, 0.1) is 0 Å². The molecule has 17 heavy (non-hydrogen) atoms. The van der Waals surface area contributed by atoms with Crippen LogP contribution in [0.4, 0.5) is 5.82 Å². The van der Waals surface area contributed by atoms with E-state index in [1.165, 1.54) is 32.1 Å². The lowest BCUT2D eigenvalue weighted by Gasteiger charge is -2.22. The van der Waals surface area contributed by atoms with Gasteiger partial charge in [-0.2, -0.15) is 0 Å². The number of aryl methyl sites for hydroxylation is 1. The molecule has 4 heteroatoms. The van der Waals surface area contributed by atoms with Crippen LogP contribution in [0.15, 0.2) is 6.07 Å². The van der Waals surface area contributed by atoms with Gasteiger partial charge >= 0.3 is 0 Å². The molecule has 0 unspecified atom stereocenters. The minimum atomic E-state index is 0.531. The fraction of sp³-hybridized carbons (Fsp3) is 0.692. The maximum Gasteiger partial charge on any atom is 0.134 e. The summed E-state index contributed by atoms with van der Waals surface area (Å²) in [5.41, 5.74) is 0. The Bertz CT molecular complexity index is 362. The zero-order chi connectivity index (χ0) is 12.1. The van der Waals surface area contributed by atoms with E-state index in [2.05, 4.69) is 15.3 Å². The summed E-state index contributed by atoms with van der Waals surface area (Å²) in [6.45, 7) is 3.05. The van der Waals surface area contributed by atoms with Crippen LogP contribution in [0.25, 0.3) is 0 Å². The molecule has 0 aliphatic heterocycles. The predicted molar refractivity (Wildman–Crippen MR) is 71.5 cm³/mol. The Kier molecular flexibility index (Phi) is 4.60. The summed E-state index contributed by atoms with van der Waals surface area (Å²) >= 11 is 5.96. The summed E-state index contributed by atoms with van der Waals surface area (Å²) in [4.78, 5) is 8.59. The minimum absolute atomic E-state index is 0.531. The van der Waals surface area contributed by atoms with E-state index in [1.807, 2.05) is 13.0 Å². The number of nitrogens with one attached hydrogen (secondary N) is 1. The Hall–Kier alpha value is -0.830. The van der Waals surface area contributed by atoms with Crippen molar-refractivity contribution >= 4 is 17.4 Å². The van der Waals surface area contributed by atoms with Crippen molar-refractivity contribution in [1.29, 1.82) is 0 Å². The molecule has 0 aromatic carbocycles. The summed E-state index contributed by atoms with van der Waals surface area (Å²) in [6, 6.07) is 1.81. The topological polar surface area (TPSA) is 37.8 Å². The highest BCUT2D eigenvalue weighted by Gasteiger charge is 2.13. The van der Waals surface area contributed by atoms with Gasteiger partial charge in [0.2, 0.25) is 0 Å². The largest absolute Gasteiger partial charge is 0.370 e. The Labute approximate surface area is 108 Å². The van der Waals surface area contributed by atoms with Crippen molar-refractivity contribution in [3.05, 3.63) is 17.0 Å². The van der Waals surface area contributed by atoms with Crippen LogP contribution in [-0.4, -0.2) is 16.5 Å². The van der Waals surface area contributed by atoms with E-state index in [0.29, 0.717) is 5.15 Å². The average molecular weight is 254 g/mol. The normalized spacial score (nSPS) is 17.1. The number of rotatable bonds is 4. The van der Waals surface area contributed by atoms with Crippen LogP contribution < -0.4 is 5.32 Å². The summed E-state index contributed by atoms with van der Waals surface area (Å²) in [6.07, 6.45) is 7.64. The third-order valence-corrected chi connectivity index (χ3v) is 3.55. The molecule has 1 aromatic rings. The van der Waals surface area contributed by atoms with Gasteiger partial charge in [-0.15, -0.1) is 0 Å². The third-order valence-electron chi connectivity index (χ3n) is 3.35. The molecule has 0 radical (unpaired) electrons. The van der Waals surface area contributed by atoms with Crippen molar-refractivity contribution in [2.45, 2.75) is 45.4 Å². The molecule has 0 bridgehead atoms. The molecular weight excluding hydrogens is 234 g/mol. The SMILES string of the molecule is CCc1nc(Cl)cc(NCC2CCCCC2)n1. The molecule has 1 heterocycles. The summed E-state index contributed by atoms with van der Waals surface area (Å²) < 4.78 is 0. The van der Waals surface area contributed by atoms with Crippen molar-refractivity contribution in [2.24, 2.45) is 5.92 Å². The Morgan fingerprint density at radius 3 is 2.76 bits per heavy atom. The van der Waals surface area contributed by atoms with Gasteiger partial charge in [-0.3, -0.25) is 0 Å². The van der Waals surface area contributed by atoms with Crippen LogP contribution in [0.5, 0.6) is 0 Å². The minimum Gasteiger partial charge on any atom is -0.370 e. The zero-order valence-electron chi connectivity index (χ0n) is 10.4. The van der Waals surface area contributed by atoms with Crippen LogP contribution >= 0.6 is 11.6 Å². The van der Waals surface area contributed by atoms with Gasteiger partial charge in [0.1, 0.15) is 16.8 Å². The molecule has 0 spiro atoms. The number of hydrogen-bond donors (Lipinski definition) is 1. The second-order valence-electron chi connectivity index (χ2n) is 4.73. The Morgan fingerprint density at radius 1 is 1.29 bits per heavy atom. The summed E-state index contributed by atoms with van der Waals surface area (Å²) in [7, 11) is 0. The molecular formula is C13H20ClN3. The monoisotopic (exact) mass is 253 g/mol. The van der Waals surface area contributed by atoms with Gasteiger partial charge < -0.3 is 5.32 Å². The first-order valence-corrected chi connectivity index (χ1v) is 6.93. The second-order valence-corrected chi connectivity index (χ2v) is 5.12. The predicted octanol–water partition coefficient (Wildman–Crippen LogP) is 3.68. The summed E-state index contributed by atoms with van der Waals surface area (Å²) in [5, 5.41) is 3.92. The average Bonchev–Trinajstić information content (AvgIpc) is 2.37. The van der Waals surface area contributed by atoms with Crippen LogP contribution in [0.1, 0.15) is 44.9 Å². The summed E-state index contributed by atoms with van der Waals surface area (Å²) in [5.74, 6) is 2.47. The lowest BCUT2D eigenvalue weighted by atomic mass is 9.89.